The quantitative estimate of drug-likeness (QED) is 0.183. The van der Waals surface area contributed by atoms with Crippen LogP contribution in [-0.4, -0.2) is 0 Å². The molecule has 0 saturated heterocycles. The molecule has 8 aromatic carbocycles. The van der Waals surface area contributed by atoms with Gasteiger partial charge in [-0.15, -0.1) is 0 Å². The lowest BCUT2D eigenvalue weighted by Gasteiger charge is -2.18. The lowest BCUT2D eigenvalue weighted by molar-refractivity contribution is 0.633. The van der Waals surface area contributed by atoms with Crippen molar-refractivity contribution in [3.63, 3.8) is 0 Å². The summed E-state index contributed by atoms with van der Waals surface area (Å²) in [4.78, 5) is 0. The van der Waals surface area contributed by atoms with Crippen molar-refractivity contribution < 1.29 is 19.8 Å². The number of fused-ring (bicyclic) bond motifs is 7. The lowest BCUT2D eigenvalue weighted by Crippen LogP contribution is -1.90. The molecular weight excluding hydrogens is 585 g/mol. The average molecular weight is 621 g/mol. The van der Waals surface area contributed by atoms with Crippen molar-refractivity contribution in [1.29, 1.82) is 0 Å². The summed E-state index contributed by atoms with van der Waals surface area (Å²) >= 11 is 0. The number of rotatable bonds is 4. The van der Waals surface area contributed by atoms with Crippen molar-refractivity contribution in [2.45, 2.75) is 0 Å². The summed E-state index contributed by atoms with van der Waals surface area (Å²) in [5.41, 5.74) is 6.35. The molecule has 0 unspecified atom stereocenters. The maximum absolute atomic E-state index is 9.23. The Morgan fingerprint density at radius 2 is 0.938 bits per heavy atom. The molecule has 2 heterocycles. The highest BCUT2D eigenvalue weighted by Crippen LogP contribution is 2.46. The molecule has 0 bridgehead atoms. The second kappa shape index (κ2) is 10.6. The largest absolute Gasteiger partial charge is 0.455 e. The Kier molecular flexibility index (Phi) is 4.41. The summed E-state index contributed by atoms with van der Waals surface area (Å²) in [5.74, 6) is 0.728. The van der Waals surface area contributed by atoms with Crippen molar-refractivity contribution in [3.8, 4) is 44.7 Å². The van der Waals surface area contributed by atoms with Crippen LogP contribution in [0.5, 0.6) is 0 Å². The van der Waals surface area contributed by atoms with E-state index in [0.717, 1.165) is 38.6 Å². The van der Waals surface area contributed by atoms with Gasteiger partial charge in [0.25, 0.3) is 0 Å². The van der Waals surface area contributed by atoms with Gasteiger partial charge in [-0.05, 0) is 67.6 Å². The summed E-state index contributed by atoms with van der Waals surface area (Å²) in [6, 6.07) is 35.3. The first-order valence-corrected chi connectivity index (χ1v) is 15.7. The Hall–Kier alpha value is -6.38. The maximum Gasteiger partial charge on any atom is 0.147 e. The van der Waals surface area contributed by atoms with Crippen LogP contribution >= 0.6 is 0 Å². The van der Waals surface area contributed by atoms with Crippen molar-refractivity contribution in [3.05, 3.63) is 170 Å². The molecule has 0 aliphatic rings. The highest BCUT2D eigenvalue weighted by atomic mass is 16.3. The third-order valence-corrected chi connectivity index (χ3v) is 9.11. The lowest BCUT2D eigenvalue weighted by atomic mass is 9.85. The molecule has 0 radical (unpaired) electrons. The minimum absolute atomic E-state index is 0.174. The second-order valence-electron chi connectivity index (χ2n) is 11.8. The third kappa shape index (κ3) is 4.06. The van der Waals surface area contributed by atoms with Crippen LogP contribution in [0.25, 0.3) is 99.2 Å². The molecule has 2 aromatic heterocycles. The molecule has 0 aliphatic heterocycles. The fourth-order valence-electron chi connectivity index (χ4n) is 6.97. The average Bonchev–Trinajstić information content (AvgIpc) is 3.85. The summed E-state index contributed by atoms with van der Waals surface area (Å²) in [6.45, 7) is 0. The van der Waals surface area contributed by atoms with Crippen LogP contribution in [0.1, 0.15) is 11.0 Å². The van der Waals surface area contributed by atoms with Gasteiger partial charge in [0.2, 0.25) is 0 Å². The van der Waals surface area contributed by atoms with Gasteiger partial charge in [-0.1, -0.05) is 151 Å². The van der Waals surface area contributed by atoms with Gasteiger partial charge in [0.15, 0.2) is 0 Å². The Labute approximate surface area is 288 Å². The minimum atomic E-state index is -0.435. The number of para-hydroxylation sites is 1. The van der Waals surface area contributed by atoms with E-state index < -0.39 is 24.2 Å². The van der Waals surface area contributed by atoms with Crippen LogP contribution < -0.4 is 0 Å². The molecule has 10 aromatic rings. The van der Waals surface area contributed by atoms with Gasteiger partial charge >= 0.3 is 0 Å². The Morgan fingerprint density at radius 3 is 1.56 bits per heavy atom. The highest BCUT2D eigenvalue weighted by molar-refractivity contribution is 6.23. The molecule has 0 fully saturated rings. The summed E-state index contributed by atoms with van der Waals surface area (Å²) in [6.07, 6.45) is 0. The predicted octanol–water partition coefficient (Wildman–Crippen LogP) is 13.3. The van der Waals surface area contributed by atoms with Crippen molar-refractivity contribution in [2.24, 2.45) is 0 Å². The molecule has 10 rings (SSSR count). The zero-order chi connectivity index (χ0) is 38.6. The number of furan rings is 2. The zero-order valence-corrected chi connectivity index (χ0v) is 25.4. The van der Waals surface area contributed by atoms with Crippen LogP contribution in [0, 0.1) is 0 Å². The Balaban J connectivity index is 1.28. The van der Waals surface area contributed by atoms with Crippen LogP contribution in [-0.2, 0) is 0 Å². The smallest absolute Gasteiger partial charge is 0.147 e. The number of hydrogen-bond donors (Lipinski definition) is 0. The first-order valence-electron chi connectivity index (χ1n) is 19.7. The van der Waals surface area contributed by atoms with E-state index in [0.29, 0.717) is 39.0 Å². The predicted molar refractivity (Wildman–Crippen MR) is 200 cm³/mol. The maximum atomic E-state index is 9.23. The minimum Gasteiger partial charge on any atom is -0.455 e. The van der Waals surface area contributed by atoms with E-state index in [-0.39, 0.29) is 45.7 Å². The van der Waals surface area contributed by atoms with E-state index in [2.05, 4.69) is 0 Å². The topological polar surface area (TPSA) is 26.3 Å². The van der Waals surface area contributed by atoms with Crippen LogP contribution in [0.15, 0.2) is 179 Å². The van der Waals surface area contributed by atoms with Gasteiger partial charge in [-0.3, -0.25) is 0 Å². The summed E-state index contributed by atoms with van der Waals surface area (Å²) in [7, 11) is 0. The van der Waals surface area contributed by atoms with Crippen LogP contribution in [0.4, 0.5) is 0 Å². The molecule has 48 heavy (non-hydrogen) atoms. The molecular formula is C46H28O2. The van der Waals surface area contributed by atoms with E-state index in [4.69, 9.17) is 17.1 Å². The van der Waals surface area contributed by atoms with E-state index in [9.17, 15) is 2.74 Å². The Bertz CT molecular complexity index is 3180. The van der Waals surface area contributed by atoms with Gasteiger partial charge in [-0.25, -0.2) is 0 Å². The first kappa shape index (κ1) is 20.0. The fraction of sp³-hybridized carbons (Fsp3) is 0. The van der Waals surface area contributed by atoms with Gasteiger partial charge in [0.05, 0.1) is 16.4 Å². The van der Waals surface area contributed by atoms with E-state index in [1.807, 2.05) is 97.1 Å². The molecule has 0 aliphatic carbocycles. The first-order chi connectivity index (χ1) is 27.1. The molecule has 2 heteroatoms. The third-order valence-electron chi connectivity index (χ3n) is 9.11. The summed E-state index contributed by atoms with van der Waals surface area (Å²) in [5, 5.41) is 3.37. The number of hydrogen-bond acceptors (Lipinski definition) is 2. The summed E-state index contributed by atoms with van der Waals surface area (Å²) < 4.78 is 84.6. The van der Waals surface area contributed by atoms with E-state index >= 15 is 0 Å². The standard InChI is InChI=1S/C46H28O2/c1-3-13-30(14-4-1)41-28-33-27-39(46-44(45(33)48-41)38-21-11-12-22-40(38)47-46)29-23-25-32(26-24-29)43-36-19-9-7-17-34(36)42(31-15-5-2-6-16-31)35-18-8-10-20-37(35)43/h1-28H/i7D,8D,9D,10D,17D,18D,19D,20D. The Morgan fingerprint density at radius 1 is 0.417 bits per heavy atom. The van der Waals surface area contributed by atoms with Crippen molar-refractivity contribution >= 4 is 54.5 Å². The monoisotopic (exact) mass is 620 g/mol. The molecule has 0 atom stereocenters. The van der Waals surface area contributed by atoms with Gasteiger partial charge < -0.3 is 8.83 Å². The van der Waals surface area contributed by atoms with Crippen LogP contribution in [0.2, 0.25) is 0 Å². The van der Waals surface area contributed by atoms with E-state index in [1.54, 1.807) is 24.3 Å². The second-order valence-corrected chi connectivity index (χ2v) is 11.8. The van der Waals surface area contributed by atoms with Gasteiger partial charge in [-0.2, -0.15) is 0 Å². The zero-order valence-electron chi connectivity index (χ0n) is 33.4. The molecule has 0 amide bonds. The van der Waals surface area contributed by atoms with E-state index in [1.165, 1.54) is 0 Å². The molecule has 224 valence electrons. The molecule has 0 N–H and O–H groups in total. The normalized spacial score (nSPS) is 14.1. The molecule has 2 nitrogen and oxygen atoms in total. The molecule has 0 spiro atoms. The fourth-order valence-corrected chi connectivity index (χ4v) is 6.97. The number of benzene rings is 8. The van der Waals surface area contributed by atoms with Gasteiger partial charge in [0, 0.05) is 21.9 Å². The van der Waals surface area contributed by atoms with Crippen molar-refractivity contribution in [2.75, 3.05) is 0 Å². The SMILES string of the molecule is [2H]c1c([2H])c([2H])c2c(-c3ccc(-c4cc5cc(-c6ccccc6)oc5c5c4oc4ccccc45)cc3)c3c([2H])c([2H])c([2H])c([2H])c3c(-c3ccccc3)c2c1[2H]. The highest BCUT2D eigenvalue weighted by Gasteiger charge is 2.21. The van der Waals surface area contributed by atoms with Crippen molar-refractivity contribution in [1.82, 2.24) is 0 Å². The van der Waals surface area contributed by atoms with Gasteiger partial charge in [0.1, 0.15) is 22.5 Å². The van der Waals surface area contributed by atoms with Crippen LogP contribution in [0.3, 0.4) is 0 Å². The molecule has 0 saturated carbocycles.